The maximum Gasteiger partial charge on any atom is 0.344 e. The molecule has 1 unspecified atom stereocenters. The summed E-state index contributed by atoms with van der Waals surface area (Å²) in [5.74, 6) is -0.152. The number of carbonyl (C=O) groups is 2. The molecule has 1 atom stereocenters. The van der Waals surface area contributed by atoms with Crippen molar-refractivity contribution in [2.24, 2.45) is 5.10 Å². The van der Waals surface area contributed by atoms with Gasteiger partial charge in [0.25, 0.3) is 5.91 Å². The number of nitrogens with zero attached hydrogens (tertiary/aromatic N) is 1. The number of halogens is 2. The standard InChI is InChI=1S/C27H20Cl2N2O4/c1-17(34-25-14-11-20(28)15-24(25)29)26(32)31-30-16-18-9-12-21(13-10-18)35-27(33)23-8-4-6-19-5-2-3-7-22(19)23/h2-17H,1H3,(H,31,32)/b30-16+. The Labute approximate surface area is 212 Å². The van der Waals surface area contributed by atoms with Gasteiger partial charge in [0.15, 0.2) is 6.10 Å². The zero-order valence-corrected chi connectivity index (χ0v) is 20.1. The highest BCUT2D eigenvalue weighted by Gasteiger charge is 2.16. The van der Waals surface area contributed by atoms with Crippen molar-refractivity contribution in [2.75, 3.05) is 0 Å². The SMILES string of the molecule is CC(Oc1ccc(Cl)cc1Cl)C(=O)N/N=C/c1ccc(OC(=O)c2cccc3ccccc23)cc1. The van der Waals surface area contributed by atoms with Crippen molar-refractivity contribution >= 4 is 52.1 Å². The van der Waals surface area contributed by atoms with Crippen LogP contribution in [0.15, 0.2) is 90.0 Å². The van der Waals surface area contributed by atoms with E-state index in [1.807, 2.05) is 36.4 Å². The van der Waals surface area contributed by atoms with Gasteiger partial charge in [0.1, 0.15) is 11.5 Å². The first-order valence-electron chi connectivity index (χ1n) is 10.7. The van der Waals surface area contributed by atoms with Crippen molar-refractivity contribution in [3.05, 3.63) is 106 Å². The molecule has 0 aromatic heterocycles. The lowest BCUT2D eigenvalue weighted by molar-refractivity contribution is -0.127. The fraction of sp³-hybridized carbons (Fsp3) is 0.0741. The number of rotatable bonds is 7. The van der Waals surface area contributed by atoms with E-state index in [-0.39, 0.29) is 0 Å². The number of fused-ring (bicyclic) bond motifs is 1. The molecule has 4 aromatic rings. The summed E-state index contributed by atoms with van der Waals surface area (Å²) in [6, 6.07) is 24.6. The summed E-state index contributed by atoms with van der Waals surface area (Å²) >= 11 is 11.9. The van der Waals surface area contributed by atoms with Gasteiger partial charge in [-0.1, -0.05) is 59.6 Å². The first-order valence-corrected chi connectivity index (χ1v) is 11.4. The topological polar surface area (TPSA) is 77.0 Å². The molecule has 0 aliphatic carbocycles. The van der Waals surface area contributed by atoms with Gasteiger partial charge in [-0.2, -0.15) is 5.10 Å². The normalized spacial score (nSPS) is 11.9. The molecule has 0 radical (unpaired) electrons. The van der Waals surface area contributed by atoms with Gasteiger partial charge in [-0.15, -0.1) is 0 Å². The highest BCUT2D eigenvalue weighted by Crippen LogP contribution is 2.28. The lowest BCUT2D eigenvalue weighted by Crippen LogP contribution is -2.33. The molecule has 0 fully saturated rings. The van der Waals surface area contributed by atoms with Gasteiger partial charge in [-0.3, -0.25) is 4.79 Å². The smallest absolute Gasteiger partial charge is 0.344 e. The van der Waals surface area contributed by atoms with Crippen LogP contribution in [-0.4, -0.2) is 24.2 Å². The number of esters is 1. The first-order chi connectivity index (χ1) is 16.9. The number of nitrogens with one attached hydrogen (secondary N) is 1. The van der Waals surface area contributed by atoms with Gasteiger partial charge in [0.05, 0.1) is 16.8 Å². The van der Waals surface area contributed by atoms with Gasteiger partial charge in [-0.05, 0) is 71.8 Å². The van der Waals surface area contributed by atoms with Crippen molar-refractivity contribution in [2.45, 2.75) is 13.0 Å². The minimum Gasteiger partial charge on any atom is -0.479 e. The maximum absolute atomic E-state index is 12.7. The lowest BCUT2D eigenvalue weighted by atomic mass is 10.0. The molecule has 0 heterocycles. The second-order valence-electron chi connectivity index (χ2n) is 7.55. The van der Waals surface area contributed by atoms with E-state index in [4.69, 9.17) is 32.7 Å². The number of amides is 1. The Balaban J connectivity index is 1.32. The molecule has 35 heavy (non-hydrogen) atoms. The molecule has 1 N–H and O–H groups in total. The number of ether oxygens (including phenoxy) is 2. The van der Waals surface area contributed by atoms with Crippen molar-refractivity contribution < 1.29 is 19.1 Å². The molecule has 0 spiro atoms. The summed E-state index contributed by atoms with van der Waals surface area (Å²) in [6.07, 6.45) is 0.637. The fourth-order valence-corrected chi connectivity index (χ4v) is 3.72. The molecule has 4 rings (SSSR count). The Hall–Kier alpha value is -3.87. The summed E-state index contributed by atoms with van der Waals surface area (Å²) in [6.45, 7) is 1.58. The number of carbonyl (C=O) groups excluding carboxylic acids is 2. The van der Waals surface area contributed by atoms with E-state index in [0.29, 0.717) is 32.7 Å². The van der Waals surface area contributed by atoms with Gasteiger partial charge in [0.2, 0.25) is 0 Å². The Bertz CT molecular complexity index is 1400. The van der Waals surface area contributed by atoms with Crippen LogP contribution < -0.4 is 14.9 Å². The molecule has 1 amide bonds. The summed E-state index contributed by atoms with van der Waals surface area (Å²) in [5.41, 5.74) is 3.61. The third kappa shape index (κ3) is 6.18. The predicted octanol–water partition coefficient (Wildman–Crippen LogP) is 6.28. The van der Waals surface area contributed by atoms with Crippen LogP contribution in [-0.2, 0) is 4.79 Å². The lowest BCUT2D eigenvalue weighted by Gasteiger charge is -2.14. The molecule has 6 nitrogen and oxygen atoms in total. The summed E-state index contributed by atoms with van der Waals surface area (Å²) in [4.78, 5) is 24.9. The number of hydrazone groups is 1. The number of hydrogen-bond acceptors (Lipinski definition) is 5. The van der Waals surface area contributed by atoms with E-state index < -0.39 is 18.0 Å². The molecule has 0 aliphatic rings. The van der Waals surface area contributed by atoms with Crippen molar-refractivity contribution in [1.29, 1.82) is 0 Å². The highest BCUT2D eigenvalue weighted by atomic mass is 35.5. The largest absolute Gasteiger partial charge is 0.479 e. The Morgan fingerprint density at radius 2 is 1.69 bits per heavy atom. The second-order valence-corrected chi connectivity index (χ2v) is 8.40. The molecular weight excluding hydrogens is 487 g/mol. The van der Waals surface area contributed by atoms with E-state index in [2.05, 4.69) is 10.5 Å². The molecule has 0 aliphatic heterocycles. The van der Waals surface area contributed by atoms with E-state index >= 15 is 0 Å². The second kappa shape index (κ2) is 11.0. The Morgan fingerprint density at radius 3 is 2.46 bits per heavy atom. The van der Waals surface area contributed by atoms with Crippen LogP contribution in [0.3, 0.4) is 0 Å². The van der Waals surface area contributed by atoms with Crippen LogP contribution in [0.2, 0.25) is 10.0 Å². The van der Waals surface area contributed by atoms with Gasteiger partial charge >= 0.3 is 5.97 Å². The predicted molar refractivity (Wildman–Crippen MR) is 138 cm³/mol. The summed E-state index contributed by atoms with van der Waals surface area (Å²) in [5, 5.41) is 6.52. The average Bonchev–Trinajstić information content (AvgIpc) is 2.86. The molecular formula is C27H20Cl2N2O4. The molecule has 176 valence electrons. The van der Waals surface area contributed by atoms with Crippen molar-refractivity contribution in [3.8, 4) is 11.5 Å². The summed E-state index contributed by atoms with van der Waals surface area (Å²) < 4.78 is 11.1. The van der Waals surface area contributed by atoms with Crippen LogP contribution in [0.5, 0.6) is 11.5 Å². The molecule has 0 saturated heterocycles. The van der Waals surface area contributed by atoms with Crippen LogP contribution in [0.1, 0.15) is 22.8 Å². The quantitative estimate of drug-likeness (QED) is 0.138. The third-order valence-corrected chi connectivity index (χ3v) is 5.59. The van der Waals surface area contributed by atoms with E-state index in [0.717, 1.165) is 10.8 Å². The zero-order chi connectivity index (χ0) is 24.8. The number of hydrogen-bond donors (Lipinski definition) is 1. The van der Waals surface area contributed by atoms with Gasteiger partial charge in [-0.25, -0.2) is 10.2 Å². The Morgan fingerprint density at radius 1 is 0.943 bits per heavy atom. The van der Waals surface area contributed by atoms with Gasteiger partial charge in [0, 0.05) is 5.02 Å². The molecule has 4 aromatic carbocycles. The van der Waals surface area contributed by atoms with E-state index in [9.17, 15) is 9.59 Å². The van der Waals surface area contributed by atoms with E-state index in [1.165, 1.54) is 12.3 Å². The molecule has 0 bridgehead atoms. The van der Waals surface area contributed by atoms with Crippen LogP contribution in [0, 0.1) is 0 Å². The van der Waals surface area contributed by atoms with E-state index in [1.54, 1.807) is 49.4 Å². The monoisotopic (exact) mass is 506 g/mol. The third-order valence-electron chi connectivity index (χ3n) is 5.06. The van der Waals surface area contributed by atoms with Crippen LogP contribution in [0.4, 0.5) is 0 Å². The van der Waals surface area contributed by atoms with Gasteiger partial charge < -0.3 is 9.47 Å². The average molecular weight is 507 g/mol. The van der Waals surface area contributed by atoms with Crippen LogP contribution >= 0.6 is 23.2 Å². The van der Waals surface area contributed by atoms with Crippen LogP contribution in [0.25, 0.3) is 10.8 Å². The summed E-state index contributed by atoms with van der Waals surface area (Å²) in [7, 11) is 0. The minimum absolute atomic E-state index is 0.307. The Kier molecular flexibility index (Phi) is 7.65. The zero-order valence-electron chi connectivity index (χ0n) is 18.6. The minimum atomic E-state index is -0.832. The van der Waals surface area contributed by atoms with Crippen molar-refractivity contribution in [1.82, 2.24) is 5.43 Å². The highest BCUT2D eigenvalue weighted by molar-refractivity contribution is 6.35. The fourth-order valence-electron chi connectivity index (χ4n) is 3.26. The van der Waals surface area contributed by atoms with Crippen molar-refractivity contribution in [3.63, 3.8) is 0 Å². The number of benzene rings is 4. The first kappa shape index (κ1) is 24.3. The molecule has 8 heteroatoms. The molecule has 0 saturated carbocycles. The maximum atomic E-state index is 12.7.